The van der Waals surface area contributed by atoms with E-state index >= 15 is 0 Å². The molecule has 13 heavy (non-hydrogen) atoms. The van der Waals surface area contributed by atoms with Gasteiger partial charge in [0.1, 0.15) is 0 Å². The van der Waals surface area contributed by atoms with Crippen molar-refractivity contribution >= 4 is 22.6 Å². The van der Waals surface area contributed by atoms with Gasteiger partial charge in [-0.25, -0.2) is 0 Å². The van der Waals surface area contributed by atoms with E-state index in [4.69, 9.17) is 0 Å². The van der Waals surface area contributed by atoms with Crippen LogP contribution in [0.15, 0.2) is 25.0 Å². The van der Waals surface area contributed by atoms with Crippen LogP contribution in [0.4, 0.5) is 0 Å². The molecular formula is C10H15IN2. The third kappa shape index (κ3) is 4.45. The van der Waals surface area contributed by atoms with Crippen molar-refractivity contribution in [3.8, 4) is 0 Å². The molecule has 2 nitrogen and oxygen atoms in total. The van der Waals surface area contributed by atoms with Crippen LogP contribution in [0.25, 0.3) is 0 Å². The second kappa shape index (κ2) is 6.18. The number of hydrogen-bond donors (Lipinski definition) is 0. The summed E-state index contributed by atoms with van der Waals surface area (Å²) in [7, 11) is 0. The van der Waals surface area contributed by atoms with Gasteiger partial charge in [-0.2, -0.15) is 5.10 Å². The van der Waals surface area contributed by atoms with Gasteiger partial charge in [0, 0.05) is 12.7 Å². The SMILES string of the molecule is C=CCCCCCn1cc(I)cn1. The summed E-state index contributed by atoms with van der Waals surface area (Å²) >= 11 is 2.28. The van der Waals surface area contributed by atoms with Gasteiger partial charge in [-0.05, 0) is 41.9 Å². The van der Waals surface area contributed by atoms with Crippen molar-refractivity contribution in [2.75, 3.05) is 0 Å². The lowest BCUT2D eigenvalue weighted by Crippen LogP contribution is -1.97. The third-order valence-corrected chi connectivity index (χ3v) is 2.45. The molecule has 0 saturated carbocycles. The molecule has 0 fully saturated rings. The Morgan fingerprint density at radius 3 is 2.92 bits per heavy atom. The molecule has 0 aromatic carbocycles. The molecule has 0 bridgehead atoms. The first kappa shape index (κ1) is 10.8. The molecular weight excluding hydrogens is 275 g/mol. The molecule has 0 atom stereocenters. The van der Waals surface area contributed by atoms with E-state index in [1.807, 2.05) is 17.0 Å². The summed E-state index contributed by atoms with van der Waals surface area (Å²) in [6.07, 6.45) is 10.8. The molecule has 72 valence electrons. The third-order valence-electron chi connectivity index (χ3n) is 1.90. The van der Waals surface area contributed by atoms with Crippen LogP contribution in [0, 0.1) is 3.57 Å². The van der Waals surface area contributed by atoms with E-state index < -0.39 is 0 Å². The van der Waals surface area contributed by atoms with Crippen molar-refractivity contribution < 1.29 is 0 Å². The summed E-state index contributed by atoms with van der Waals surface area (Å²) < 4.78 is 3.22. The lowest BCUT2D eigenvalue weighted by Gasteiger charge is -1.99. The highest BCUT2D eigenvalue weighted by Gasteiger charge is 1.94. The first-order chi connectivity index (χ1) is 6.33. The molecule has 3 heteroatoms. The number of hydrogen-bond acceptors (Lipinski definition) is 1. The maximum absolute atomic E-state index is 4.22. The van der Waals surface area contributed by atoms with Crippen molar-refractivity contribution in [3.63, 3.8) is 0 Å². The predicted octanol–water partition coefficient (Wildman–Crippen LogP) is 3.23. The average Bonchev–Trinajstić information content (AvgIpc) is 2.51. The summed E-state index contributed by atoms with van der Waals surface area (Å²) in [6, 6.07) is 0. The van der Waals surface area contributed by atoms with E-state index in [9.17, 15) is 0 Å². The number of allylic oxidation sites excluding steroid dienone is 1. The number of unbranched alkanes of at least 4 members (excludes halogenated alkanes) is 3. The van der Waals surface area contributed by atoms with Crippen molar-refractivity contribution in [1.29, 1.82) is 0 Å². The molecule has 0 aliphatic carbocycles. The highest BCUT2D eigenvalue weighted by molar-refractivity contribution is 14.1. The minimum absolute atomic E-state index is 1.04. The molecule has 0 N–H and O–H groups in total. The van der Waals surface area contributed by atoms with E-state index in [2.05, 4.69) is 40.5 Å². The minimum atomic E-state index is 1.04. The largest absolute Gasteiger partial charge is 0.272 e. The quantitative estimate of drug-likeness (QED) is 0.447. The summed E-state index contributed by atoms with van der Waals surface area (Å²) in [5.41, 5.74) is 0. The molecule has 0 unspecified atom stereocenters. The molecule has 0 radical (unpaired) electrons. The second-order valence-corrected chi connectivity index (χ2v) is 4.31. The van der Waals surface area contributed by atoms with Gasteiger partial charge in [-0.15, -0.1) is 6.58 Å². The van der Waals surface area contributed by atoms with Gasteiger partial charge in [-0.1, -0.05) is 12.5 Å². The first-order valence-electron chi connectivity index (χ1n) is 4.62. The van der Waals surface area contributed by atoms with Crippen LogP contribution in [0.1, 0.15) is 25.7 Å². The van der Waals surface area contributed by atoms with E-state index in [-0.39, 0.29) is 0 Å². The molecule has 0 saturated heterocycles. The summed E-state index contributed by atoms with van der Waals surface area (Å²) in [5.74, 6) is 0. The number of nitrogens with zero attached hydrogens (tertiary/aromatic N) is 2. The molecule has 1 aromatic heterocycles. The van der Waals surface area contributed by atoms with Crippen LogP contribution in [0.2, 0.25) is 0 Å². The lowest BCUT2D eigenvalue weighted by atomic mass is 10.2. The van der Waals surface area contributed by atoms with Crippen molar-refractivity contribution in [2.45, 2.75) is 32.2 Å². The van der Waals surface area contributed by atoms with Gasteiger partial charge < -0.3 is 0 Å². The van der Waals surface area contributed by atoms with E-state index in [1.54, 1.807) is 0 Å². The Kier molecular flexibility index (Phi) is 5.12. The van der Waals surface area contributed by atoms with Gasteiger partial charge in [0.15, 0.2) is 0 Å². The van der Waals surface area contributed by atoms with Crippen LogP contribution in [-0.2, 0) is 6.54 Å². The Morgan fingerprint density at radius 2 is 2.31 bits per heavy atom. The fourth-order valence-electron chi connectivity index (χ4n) is 1.20. The van der Waals surface area contributed by atoms with Gasteiger partial charge in [0.05, 0.1) is 9.77 Å². The average molecular weight is 290 g/mol. The smallest absolute Gasteiger partial charge is 0.0623 e. The van der Waals surface area contributed by atoms with Gasteiger partial charge in [-0.3, -0.25) is 4.68 Å². The molecule has 1 rings (SSSR count). The fraction of sp³-hybridized carbons (Fsp3) is 0.500. The first-order valence-corrected chi connectivity index (χ1v) is 5.69. The molecule has 0 spiro atoms. The standard InChI is InChI=1S/C10H15IN2/c1-2-3-4-5-6-7-13-9-10(11)8-12-13/h2,8-9H,1,3-7H2. The summed E-state index contributed by atoms with van der Waals surface area (Å²) in [6.45, 7) is 4.74. The normalized spacial score (nSPS) is 10.2. The highest BCUT2D eigenvalue weighted by Crippen LogP contribution is 2.05. The number of aryl methyl sites for hydroxylation is 1. The molecule has 0 amide bonds. The van der Waals surface area contributed by atoms with Crippen molar-refractivity contribution in [2.24, 2.45) is 0 Å². The van der Waals surface area contributed by atoms with E-state index in [0.717, 1.165) is 13.0 Å². The Morgan fingerprint density at radius 1 is 1.46 bits per heavy atom. The van der Waals surface area contributed by atoms with Crippen LogP contribution >= 0.6 is 22.6 Å². The summed E-state index contributed by atoms with van der Waals surface area (Å²) in [4.78, 5) is 0. The Bertz CT molecular complexity index is 255. The van der Waals surface area contributed by atoms with E-state index in [1.165, 1.54) is 22.8 Å². The van der Waals surface area contributed by atoms with Crippen molar-refractivity contribution in [1.82, 2.24) is 9.78 Å². The molecule has 0 aliphatic heterocycles. The number of halogens is 1. The van der Waals surface area contributed by atoms with Gasteiger partial charge in [0.2, 0.25) is 0 Å². The van der Waals surface area contributed by atoms with Crippen LogP contribution < -0.4 is 0 Å². The number of rotatable bonds is 6. The maximum atomic E-state index is 4.22. The predicted molar refractivity (Wildman–Crippen MR) is 63.6 cm³/mol. The Balaban J connectivity index is 2.09. The Labute approximate surface area is 93.2 Å². The highest BCUT2D eigenvalue weighted by atomic mass is 127. The van der Waals surface area contributed by atoms with Crippen LogP contribution in [0.5, 0.6) is 0 Å². The topological polar surface area (TPSA) is 17.8 Å². The monoisotopic (exact) mass is 290 g/mol. The van der Waals surface area contributed by atoms with Crippen LogP contribution in [-0.4, -0.2) is 9.78 Å². The zero-order valence-electron chi connectivity index (χ0n) is 7.75. The fourth-order valence-corrected chi connectivity index (χ4v) is 1.65. The zero-order chi connectivity index (χ0) is 9.52. The minimum Gasteiger partial charge on any atom is -0.272 e. The maximum Gasteiger partial charge on any atom is 0.0623 e. The Hall–Kier alpha value is -0.320. The molecule has 1 aromatic rings. The van der Waals surface area contributed by atoms with Gasteiger partial charge >= 0.3 is 0 Å². The lowest BCUT2D eigenvalue weighted by molar-refractivity contribution is 0.546. The molecule has 0 aliphatic rings. The van der Waals surface area contributed by atoms with Crippen LogP contribution in [0.3, 0.4) is 0 Å². The van der Waals surface area contributed by atoms with Crippen molar-refractivity contribution in [3.05, 3.63) is 28.6 Å². The second-order valence-electron chi connectivity index (χ2n) is 3.06. The summed E-state index contributed by atoms with van der Waals surface area (Å²) in [5, 5.41) is 4.22. The number of aromatic nitrogens is 2. The van der Waals surface area contributed by atoms with Gasteiger partial charge in [0.25, 0.3) is 0 Å². The van der Waals surface area contributed by atoms with E-state index in [0.29, 0.717) is 0 Å². The zero-order valence-corrected chi connectivity index (χ0v) is 9.90. The molecule has 1 heterocycles.